The van der Waals surface area contributed by atoms with Gasteiger partial charge in [-0.15, -0.1) is 6.58 Å². The van der Waals surface area contributed by atoms with Crippen LogP contribution in [0, 0.1) is 35.4 Å². The number of hydrogen-bond acceptors (Lipinski definition) is 0. The van der Waals surface area contributed by atoms with Crippen molar-refractivity contribution in [3.63, 3.8) is 0 Å². The Labute approximate surface area is 206 Å². The highest BCUT2D eigenvalue weighted by Crippen LogP contribution is 2.48. The summed E-state index contributed by atoms with van der Waals surface area (Å²) in [5.74, 6) is 9.42. The van der Waals surface area contributed by atoms with Gasteiger partial charge >= 0.3 is 0 Å². The second-order valence-corrected chi connectivity index (χ2v) is 10.4. The molecule has 34 heavy (non-hydrogen) atoms. The lowest BCUT2D eigenvalue weighted by atomic mass is 9.63. The Hall–Kier alpha value is -2.59. The lowest BCUT2D eigenvalue weighted by molar-refractivity contribution is 0.115. The van der Waals surface area contributed by atoms with Gasteiger partial charge in [0.25, 0.3) is 0 Å². The Bertz CT molecular complexity index is 1030. The average molecular weight is 455 g/mol. The summed E-state index contributed by atoms with van der Waals surface area (Å²) in [5, 5.41) is 0. The van der Waals surface area contributed by atoms with Crippen LogP contribution in [0.25, 0.3) is 0 Å². The Balaban J connectivity index is 1.33. The van der Waals surface area contributed by atoms with Crippen molar-refractivity contribution in [1.29, 1.82) is 0 Å². The molecule has 2 saturated carbocycles. The number of halogens is 1. The lowest BCUT2D eigenvalue weighted by Crippen LogP contribution is -2.30. The van der Waals surface area contributed by atoms with E-state index in [9.17, 15) is 4.39 Å². The molecule has 0 saturated heterocycles. The van der Waals surface area contributed by atoms with E-state index in [0.717, 1.165) is 41.7 Å². The predicted molar refractivity (Wildman–Crippen MR) is 142 cm³/mol. The fraction of sp³-hybridized carbons (Fsp3) is 0.455. The Kier molecular flexibility index (Phi) is 8.81. The summed E-state index contributed by atoms with van der Waals surface area (Å²) in [6.45, 7) is 5.90. The molecule has 0 aliphatic heterocycles. The molecule has 4 atom stereocenters. The summed E-state index contributed by atoms with van der Waals surface area (Å²) >= 11 is 0. The smallest absolute Gasteiger partial charge is 0.139 e. The molecule has 2 aromatic carbocycles. The first-order chi connectivity index (χ1) is 16.7. The van der Waals surface area contributed by atoms with Crippen molar-refractivity contribution in [1.82, 2.24) is 0 Å². The van der Waals surface area contributed by atoms with Crippen LogP contribution in [0.3, 0.4) is 0 Å². The molecule has 178 valence electrons. The molecule has 2 aliphatic rings. The SMILES string of the molecule is C=CCCC1CCC2CC(c3ccc(C#Cc4ccc(CC/C=C/C)cc4F)cc3)CCC2C1. The minimum Gasteiger partial charge on any atom is -0.206 e. The largest absolute Gasteiger partial charge is 0.206 e. The van der Waals surface area contributed by atoms with Crippen LogP contribution < -0.4 is 0 Å². The van der Waals surface area contributed by atoms with Crippen LogP contribution in [0.4, 0.5) is 4.39 Å². The Morgan fingerprint density at radius 2 is 1.74 bits per heavy atom. The van der Waals surface area contributed by atoms with Crippen LogP contribution in [-0.2, 0) is 6.42 Å². The molecule has 0 aromatic heterocycles. The normalized spacial score (nSPS) is 24.3. The second kappa shape index (κ2) is 12.2. The summed E-state index contributed by atoms with van der Waals surface area (Å²) in [5.41, 5.74) is 3.90. The molecule has 0 spiro atoms. The molecule has 2 fully saturated rings. The maximum Gasteiger partial charge on any atom is 0.139 e. The highest BCUT2D eigenvalue weighted by Gasteiger charge is 2.35. The van der Waals surface area contributed by atoms with Gasteiger partial charge in [0.15, 0.2) is 0 Å². The summed E-state index contributed by atoms with van der Waals surface area (Å²) < 4.78 is 14.5. The molecular formula is C33H39F. The van der Waals surface area contributed by atoms with Gasteiger partial charge in [-0.2, -0.15) is 0 Å². The number of allylic oxidation sites excluding steroid dienone is 3. The third-order valence-corrected chi connectivity index (χ3v) is 8.09. The third kappa shape index (κ3) is 6.50. The second-order valence-electron chi connectivity index (χ2n) is 10.4. The van der Waals surface area contributed by atoms with Crippen LogP contribution in [0.1, 0.15) is 92.9 Å². The fourth-order valence-corrected chi connectivity index (χ4v) is 6.12. The van der Waals surface area contributed by atoms with Gasteiger partial charge < -0.3 is 0 Å². The van der Waals surface area contributed by atoms with Gasteiger partial charge in [0.1, 0.15) is 5.82 Å². The van der Waals surface area contributed by atoms with Gasteiger partial charge in [0.2, 0.25) is 0 Å². The molecule has 4 rings (SSSR count). The summed E-state index contributed by atoms with van der Waals surface area (Å²) in [7, 11) is 0. The third-order valence-electron chi connectivity index (χ3n) is 8.09. The molecule has 1 heteroatoms. The number of rotatable bonds is 7. The predicted octanol–water partition coefficient (Wildman–Crippen LogP) is 9.00. The van der Waals surface area contributed by atoms with Gasteiger partial charge in [-0.05, 0) is 124 Å². The Morgan fingerprint density at radius 3 is 2.50 bits per heavy atom. The van der Waals surface area contributed by atoms with Crippen molar-refractivity contribution < 1.29 is 4.39 Å². The first-order valence-corrected chi connectivity index (χ1v) is 13.3. The maximum absolute atomic E-state index is 14.5. The van der Waals surface area contributed by atoms with Gasteiger partial charge in [0, 0.05) is 5.56 Å². The van der Waals surface area contributed by atoms with Crippen molar-refractivity contribution in [2.75, 3.05) is 0 Å². The maximum atomic E-state index is 14.5. The number of hydrogen-bond donors (Lipinski definition) is 0. The van der Waals surface area contributed by atoms with Crippen LogP contribution >= 0.6 is 0 Å². The van der Waals surface area contributed by atoms with E-state index in [4.69, 9.17) is 0 Å². The van der Waals surface area contributed by atoms with Crippen molar-refractivity contribution in [3.8, 4) is 11.8 Å². The van der Waals surface area contributed by atoms with Crippen molar-refractivity contribution in [3.05, 3.63) is 95.3 Å². The van der Waals surface area contributed by atoms with Crippen LogP contribution in [-0.4, -0.2) is 0 Å². The van der Waals surface area contributed by atoms with Crippen LogP contribution in [0.2, 0.25) is 0 Å². The summed E-state index contributed by atoms with van der Waals surface area (Å²) in [6, 6.07) is 14.2. The number of fused-ring (bicyclic) bond motifs is 1. The standard InChI is InChI=1S/C33H39F/c1-3-5-7-9-27-13-18-29(33(34)23-27)17-12-25-10-15-28(16-11-25)31-21-20-30-22-26(8-6-4-2)14-19-32(30)24-31/h3-5,10-11,13,15-16,18,23,26,30-32H,2,6-9,14,19-22,24H2,1H3/b5-3+. The minimum absolute atomic E-state index is 0.224. The van der Waals surface area contributed by atoms with E-state index >= 15 is 0 Å². The van der Waals surface area contributed by atoms with E-state index in [2.05, 4.69) is 54.8 Å². The average Bonchev–Trinajstić information content (AvgIpc) is 2.87. The van der Waals surface area contributed by atoms with Crippen molar-refractivity contribution in [2.24, 2.45) is 17.8 Å². The fourth-order valence-electron chi connectivity index (χ4n) is 6.12. The van der Waals surface area contributed by atoms with E-state index < -0.39 is 0 Å². The molecule has 4 unspecified atom stereocenters. The van der Waals surface area contributed by atoms with E-state index in [1.54, 1.807) is 6.07 Å². The Morgan fingerprint density at radius 1 is 0.941 bits per heavy atom. The molecule has 0 heterocycles. The highest BCUT2D eigenvalue weighted by molar-refractivity contribution is 5.45. The van der Waals surface area contributed by atoms with Crippen molar-refractivity contribution >= 4 is 0 Å². The van der Waals surface area contributed by atoms with E-state index in [1.165, 1.54) is 56.9 Å². The molecule has 0 N–H and O–H groups in total. The van der Waals surface area contributed by atoms with Crippen LogP contribution in [0.5, 0.6) is 0 Å². The highest BCUT2D eigenvalue weighted by atomic mass is 19.1. The zero-order valence-corrected chi connectivity index (χ0v) is 20.7. The zero-order valence-electron chi connectivity index (χ0n) is 20.7. The number of aryl methyl sites for hydroxylation is 1. The van der Waals surface area contributed by atoms with Gasteiger partial charge in [0.05, 0.1) is 5.56 Å². The molecule has 2 aromatic rings. The first-order valence-electron chi connectivity index (χ1n) is 13.3. The molecular weight excluding hydrogens is 415 g/mol. The molecule has 0 nitrogen and oxygen atoms in total. The van der Waals surface area contributed by atoms with Gasteiger partial charge in [-0.25, -0.2) is 4.39 Å². The van der Waals surface area contributed by atoms with E-state index in [1.807, 2.05) is 25.1 Å². The molecule has 0 amide bonds. The van der Waals surface area contributed by atoms with E-state index in [-0.39, 0.29) is 5.82 Å². The lowest BCUT2D eigenvalue weighted by Gasteiger charge is -2.42. The summed E-state index contributed by atoms with van der Waals surface area (Å²) in [6.07, 6.45) is 18.8. The van der Waals surface area contributed by atoms with Gasteiger partial charge in [-0.3, -0.25) is 0 Å². The molecule has 0 radical (unpaired) electrons. The van der Waals surface area contributed by atoms with Crippen LogP contribution in [0.15, 0.2) is 67.3 Å². The number of benzene rings is 2. The first kappa shape index (κ1) is 24.5. The summed E-state index contributed by atoms with van der Waals surface area (Å²) in [4.78, 5) is 0. The van der Waals surface area contributed by atoms with E-state index in [0.29, 0.717) is 11.5 Å². The molecule has 0 bridgehead atoms. The quantitative estimate of drug-likeness (QED) is 0.289. The monoisotopic (exact) mass is 454 g/mol. The minimum atomic E-state index is -0.224. The van der Waals surface area contributed by atoms with Crippen molar-refractivity contribution in [2.45, 2.75) is 77.0 Å². The molecule has 2 aliphatic carbocycles. The van der Waals surface area contributed by atoms with Gasteiger partial charge in [-0.1, -0.05) is 54.7 Å². The topological polar surface area (TPSA) is 0 Å². The zero-order chi connectivity index (χ0) is 23.8.